The van der Waals surface area contributed by atoms with Gasteiger partial charge in [-0.1, -0.05) is 0 Å². The molecule has 0 saturated carbocycles. The smallest absolute Gasteiger partial charge is 0.406 e. The molecular formula is C21H25F3N4O4S. The highest BCUT2D eigenvalue weighted by molar-refractivity contribution is 7.89. The Morgan fingerprint density at radius 1 is 1.21 bits per heavy atom. The van der Waals surface area contributed by atoms with Crippen molar-refractivity contribution in [1.82, 2.24) is 18.8 Å². The Balaban J connectivity index is 1.83. The van der Waals surface area contributed by atoms with E-state index >= 15 is 0 Å². The van der Waals surface area contributed by atoms with Gasteiger partial charge in [-0.05, 0) is 37.3 Å². The third-order valence-corrected chi connectivity index (χ3v) is 6.92. The van der Waals surface area contributed by atoms with E-state index in [-0.39, 0.29) is 30.0 Å². The Morgan fingerprint density at radius 2 is 1.94 bits per heavy atom. The summed E-state index contributed by atoms with van der Waals surface area (Å²) in [6.45, 7) is 0.687. The van der Waals surface area contributed by atoms with Gasteiger partial charge in [0.1, 0.15) is 18.1 Å². The van der Waals surface area contributed by atoms with Crippen LogP contribution in [0.2, 0.25) is 0 Å². The van der Waals surface area contributed by atoms with E-state index in [1.54, 1.807) is 12.1 Å². The average Bonchev–Trinajstić information content (AvgIpc) is 3.36. The van der Waals surface area contributed by atoms with Crippen molar-refractivity contribution in [3.63, 3.8) is 0 Å². The van der Waals surface area contributed by atoms with Gasteiger partial charge >= 0.3 is 6.18 Å². The summed E-state index contributed by atoms with van der Waals surface area (Å²) in [5.74, 6) is 0.0579. The molecule has 0 saturated heterocycles. The third kappa shape index (κ3) is 5.74. The van der Waals surface area contributed by atoms with Gasteiger partial charge in [-0.15, -0.1) is 0 Å². The van der Waals surface area contributed by atoms with Crippen LogP contribution in [0.3, 0.4) is 0 Å². The van der Waals surface area contributed by atoms with Gasteiger partial charge in [0.2, 0.25) is 15.9 Å². The second-order valence-electron chi connectivity index (χ2n) is 7.65. The fraction of sp³-hybridized carbons (Fsp3) is 0.429. The molecule has 0 aliphatic rings. The lowest BCUT2D eigenvalue weighted by Gasteiger charge is -2.23. The summed E-state index contributed by atoms with van der Waals surface area (Å²) in [7, 11) is -0.796. The van der Waals surface area contributed by atoms with Crippen molar-refractivity contribution < 1.29 is 30.8 Å². The fourth-order valence-electron chi connectivity index (χ4n) is 3.49. The van der Waals surface area contributed by atoms with Crippen molar-refractivity contribution in [1.29, 1.82) is 0 Å². The highest BCUT2D eigenvalue weighted by Gasteiger charge is 2.33. The van der Waals surface area contributed by atoms with E-state index in [0.29, 0.717) is 28.3 Å². The zero-order valence-corrected chi connectivity index (χ0v) is 19.3. The number of alkyl halides is 3. The van der Waals surface area contributed by atoms with E-state index in [2.05, 4.69) is 4.98 Å². The number of carbonyl (C=O) groups is 1. The second kappa shape index (κ2) is 9.56. The molecule has 0 radical (unpaired) electrons. The van der Waals surface area contributed by atoms with Crippen LogP contribution in [-0.4, -0.2) is 59.9 Å². The fourth-order valence-corrected chi connectivity index (χ4v) is 4.41. The number of furan rings is 1. The van der Waals surface area contributed by atoms with Crippen LogP contribution in [-0.2, 0) is 34.3 Å². The molecule has 1 amide bonds. The first-order valence-corrected chi connectivity index (χ1v) is 11.6. The summed E-state index contributed by atoms with van der Waals surface area (Å²) in [5.41, 5.74) is 1.12. The minimum absolute atomic E-state index is 0.0816. The summed E-state index contributed by atoms with van der Waals surface area (Å²) in [6.07, 6.45) is -3.31. The first-order chi connectivity index (χ1) is 15.4. The number of amides is 1. The molecule has 3 aromatic rings. The number of rotatable bonds is 9. The van der Waals surface area contributed by atoms with Gasteiger partial charge < -0.3 is 13.9 Å². The number of nitrogens with zero attached hydrogens (tertiary/aromatic N) is 4. The summed E-state index contributed by atoms with van der Waals surface area (Å²) in [6, 6.07) is 7.62. The number of fused-ring (bicyclic) bond motifs is 1. The Labute approximate surface area is 189 Å². The Hall–Kier alpha value is -2.86. The van der Waals surface area contributed by atoms with E-state index < -0.39 is 28.7 Å². The minimum atomic E-state index is -4.55. The number of hydrogen-bond acceptors (Lipinski definition) is 5. The number of hydrogen-bond donors (Lipinski definition) is 0. The number of halogens is 3. The van der Waals surface area contributed by atoms with Gasteiger partial charge in [-0.3, -0.25) is 4.79 Å². The van der Waals surface area contributed by atoms with Gasteiger partial charge in [0.25, 0.3) is 0 Å². The van der Waals surface area contributed by atoms with Crippen LogP contribution < -0.4 is 0 Å². The molecule has 0 atom stereocenters. The Kier molecular flexibility index (Phi) is 7.17. The lowest BCUT2D eigenvalue weighted by molar-refractivity contribution is -0.162. The van der Waals surface area contributed by atoms with Crippen molar-refractivity contribution in [2.24, 2.45) is 0 Å². The lowest BCUT2D eigenvalue weighted by Crippen LogP contribution is -2.38. The first kappa shape index (κ1) is 24.8. The monoisotopic (exact) mass is 486 g/mol. The molecule has 0 bridgehead atoms. The first-order valence-electron chi connectivity index (χ1n) is 10.2. The Morgan fingerprint density at radius 3 is 2.52 bits per heavy atom. The van der Waals surface area contributed by atoms with E-state index in [0.717, 1.165) is 4.31 Å². The van der Waals surface area contributed by atoms with E-state index in [1.807, 2.05) is 11.5 Å². The second-order valence-corrected chi connectivity index (χ2v) is 9.81. The largest absolute Gasteiger partial charge is 0.467 e. The van der Waals surface area contributed by atoms with Crippen LogP contribution >= 0.6 is 0 Å². The molecule has 2 heterocycles. The third-order valence-electron chi connectivity index (χ3n) is 5.11. The van der Waals surface area contributed by atoms with Crippen LogP contribution in [0.4, 0.5) is 13.2 Å². The number of aryl methyl sites for hydroxylation is 2. The molecule has 0 fully saturated rings. The van der Waals surface area contributed by atoms with E-state index in [9.17, 15) is 26.4 Å². The van der Waals surface area contributed by atoms with Gasteiger partial charge in [0, 0.05) is 33.5 Å². The highest BCUT2D eigenvalue weighted by atomic mass is 32.2. The predicted molar refractivity (Wildman–Crippen MR) is 115 cm³/mol. The lowest BCUT2D eigenvalue weighted by atomic mass is 10.2. The maximum Gasteiger partial charge on any atom is 0.406 e. The molecule has 0 aliphatic heterocycles. The topological polar surface area (TPSA) is 88.6 Å². The summed E-state index contributed by atoms with van der Waals surface area (Å²) in [5, 5.41) is 0. The molecule has 0 spiro atoms. The van der Waals surface area contributed by atoms with Crippen LogP contribution in [0.25, 0.3) is 11.0 Å². The number of carbonyl (C=O) groups excluding carboxylic acids is 1. The summed E-state index contributed by atoms with van der Waals surface area (Å²) in [4.78, 5) is 17.9. The molecule has 1 aromatic carbocycles. The quantitative estimate of drug-likeness (QED) is 0.463. The molecule has 0 unspecified atom stereocenters. The maximum atomic E-state index is 13.0. The minimum Gasteiger partial charge on any atom is -0.467 e. The molecular weight excluding hydrogens is 461 g/mol. The average molecular weight is 487 g/mol. The molecule has 12 heteroatoms. The van der Waals surface area contributed by atoms with Crippen LogP contribution in [0.5, 0.6) is 0 Å². The van der Waals surface area contributed by atoms with E-state index in [4.69, 9.17) is 4.42 Å². The van der Waals surface area contributed by atoms with Crippen molar-refractivity contribution in [3.8, 4) is 0 Å². The molecule has 2 aromatic heterocycles. The van der Waals surface area contributed by atoms with Crippen molar-refractivity contribution in [2.75, 3.05) is 20.6 Å². The van der Waals surface area contributed by atoms with Gasteiger partial charge in [-0.2, -0.15) is 13.2 Å². The van der Waals surface area contributed by atoms with Gasteiger partial charge in [-0.25, -0.2) is 17.7 Å². The molecule has 180 valence electrons. The zero-order chi connectivity index (χ0) is 24.4. The molecule has 33 heavy (non-hydrogen) atoms. The SMILES string of the molecule is CCn1c(CCC(=O)N(Cc2ccco2)CC(F)(F)F)nc2cc(S(=O)(=O)N(C)C)ccc21. The van der Waals surface area contributed by atoms with Crippen LogP contribution in [0, 0.1) is 0 Å². The number of benzene rings is 1. The molecule has 0 N–H and O–H groups in total. The number of sulfonamides is 1. The van der Waals surface area contributed by atoms with Crippen molar-refractivity contribution in [2.45, 2.75) is 43.9 Å². The predicted octanol–water partition coefficient (Wildman–Crippen LogP) is 3.42. The number of aromatic nitrogens is 2. The van der Waals surface area contributed by atoms with Gasteiger partial charge in [0.15, 0.2) is 0 Å². The zero-order valence-electron chi connectivity index (χ0n) is 18.5. The number of imidazole rings is 1. The van der Waals surface area contributed by atoms with E-state index in [1.165, 1.54) is 38.6 Å². The molecule has 3 rings (SSSR count). The van der Waals surface area contributed by atoms with Crippen molar-refractivity contribution in [3.05, 3.63) is 48.2 Å². The van der Waals surface area contributed by atoms with Gasteiger partial charge in [0.05, 0.1) is 28.7 Å². The maximum absolute atomic E-state index is 13.0. The highest BCUT2D eigenvalue weighted by Crippen LogP contribution is 2.24. The summed E-state index contributed by atoms with van der Waals surface area (Å²) >= 11 is 0. The normalized spacial score (nSPS) is 12.6. The van der Waals surface area contributed by atoms with Crippen LogP contribution in [0.1, 0.15) is 24.9 Å². The molecule has 0 aliphatic carbocycles. The Bertz CT molecular complexity index is 1220. The van der Waals surface area contributed by atoms with Crippen molar-refractivity contribution >= 4 is 27.0 Å². The standard InChI is InChI=1S/C21H25F3N4O4S/c1-4-28-18-8-7-16(33(30,31)26(2)3)12-17(18)25-19(28)9-10-20(29)27(14-21(22,23)24)13-15-6-5-11-32-15/h5-8,11-12H,4,9-10,13-14H2,1-3H3. The van der Waals surface area contributed by atoms with Crippen LogP contribution in [0.15, 0.2) is 45.9 Å². The summed E-state index contributed by atoms with van der Waals surface area (Å²) < 4.78 is 71.9. The molecule has 8 nitrogen and oxygen atoms in total.